The first-order valence-electron chi connectivity index (χ1n) is 21.1. The van der Waals surface area contributed by atoms with Gasteiger partial charge < -0.3 is 0 Å². The fourth-order valence-corrected chi connectivity index (χ4v) is 9.25. The van der Waals surface area contributed by atoms with E-state index in [4.69, 9.17) is 9.97 Å². The van der Waals surface area contributed by atoms with E-state index in [2.05, 4.69) is 211 Å². The molecule has 0 unspecified atom stereocenters. The largest absolute Gasteiger partial charge is 0.264 e. The van der Waals surface area contributed by atoms with Crippen LogP contribution in [0.4, 0.5) is 0 Å². The summed E-state index contributed by atoms with van der Waals surface area (Å²) in [5.41, 5.74) is 11.6. The minimum Gasteiger partial charge on any atom is -0.264 e. The smallest absolute Gasteiger partial charge is 0.160 e. The molecule has 3 nitrogen and oxygen atoms in total. The molecule has 0 amide bonds. The molecule has 0 aliphatic carbocycles. The summed E-state index contributed by atoms with van der Waals surface area (Å²) in [7, 11) is 0. The van der Waals surface area contributed by atoms with E-state index in [9.17, 15) is 0 Å². The zero-order chi connectivity index (χ0) is 41.0. The van der Waals surface area contributed by atoms with Crippen molar-refractivity contribution in [1.82, 2.24) is 15.0 Å². The van der Waals surface area contributed by atoms with E-state index in [1.165, 1.54) is 65.0 Å². The molecule has 0 spiro atoms. The third kappa shape index (κ3) is 6.18. The quantitative estimate of drug-likeness (QED) is 0.158. The lowest BCUT2D eigenvalue weighted by molar-refractivity contribution is 1.18. The molecular formula is C59H37N3. The van der Waals surface area contributed by atoms with Crippen molar-refractivity contribution in [3.05, 3.63) is 225 Å². The highest BCUT2D eigenvalue weighted by Gasteiger charge is 2.16. The van der Waals surface area contributed by atoms with E-state index in [1.807, 2.05) is 12.3 Å². The lowest BCUT2D eigenvalue weighted by Crippen LogP contribution is -1.96. The molecule has 0 saturated heterocycles. The Morgan fingerprint density at radius 3 is 1.40 bits per heavy atom. The number of benzene rings is 10. The van der Waals surface area contributed by atoms with E-state index in [1.54, 1.807) is 6.20 Å². The van der Waals surface area contributed by atoms with Gasteiger partial charge in [0, 0.05) is 29.1 Å². The van der Waals surface area contributed by atoms with E-state index in [-0.39, 0.29) is 0 Å². The molecule has 10 aromatic carbocycles. The average Bonchev–Trinajstić information content (AvgIpc) is 3.36. The Bertz CT molecular complexity index is 3650. The summed E-state index contributed by atoms with van der Waals surface area (Å²) in [5.74, 6) is 0.678. The molecule has 288 valence electrons. The molecule has 12 rings (SSSR count). The molecule has 0 aliphatic rings. The van der Waals surface area contributed by atoms with Crippen LogP contribution in [0.15, 0.2) is 225 Å². The summed E-state index contributed by atoms with van der Waals surface area (Å²) < 4.78 is 0. The summed E-state index contributed by atoms with van der Waals surface area (Å²) in [4.78, 5) is 14.7. The zero-order valence-electron chi connectivity index (χ0n) is 33.7. The first-order chi connectivity index (χ1) is 30.7. The Kier molecular flexibility index (Phi) is 8.50. The maximum absolute atomic E-state index is 5.23. The molecule has 0 atom stereocenters. The molecule has 0 N–H and O–H groups in total. The number of rotatable bonds is 6. The van der Waals surface area contributed by atoms with Crippen molar-refractivity contribution in [2.45, 2.75) is 0 Å². The SMILES string of the molecule is c1cncc(-c2ccc(-c3nc(-c4ccc(-c5ccc6ccccc6c5)cc4)cc(-c4ccc(-c5cc6c7ccccc7c7ccccc7c6c6ccccc56)cc4)n3)cc2)c1. The first kappa shape index (κ1) is 35.7. The van der Waals surface area contributed by atoms with Gasteiger partial charge in [-0.05, 0) is 112 Å². The van der Waals surface area contributed by atoms with Crippen molar-refractivity contribution < 1.29 is 0 Å². The van der Waals surface area contributed by atoms with E-state index >= 15 is 0 Å². The molecule has 2 heterocycles. The summed E-state index contributed by atoms with van der Waals surface area (Å²) >= 11 is 0. The molecule has 0 fully saturated rings. The van der Waals surface area contributed by atoms with Gasteiger partial charge in [-0.1, -0.05) is 188 Å². The van der Waals surface area contributed by atoms with Gasteiger partial charge in [0.15, 0.2) is 5.82 Å². The number of nitrogens with zero attached hydrogens (tertiary/aromatic N) is 3. The average molecular weight is 788 g/mol. The summed E-state index contributed by atoms with van der Waals surface area (Å²) in [5, 5.41) is 12.6. The second-order valence-corrected chi connectivity index (χ2v) is 16.0. The molecule has 0 bridgehead atoms. The number of pyridine rings is 1. The van der Waals surface area contributed by atoms with Crippen LogP contribution in [0.25, 0.3) is 121 Å². The predicted octanol–water partition coefficient (Wildman–Crippen LogP) is 15.6. The second kappa shape index (κ2) is 14.8. The number of fused-ring (bicyclic) bond motifs is 9. The highest BCUT2D eigenvalue weighted by atomic mass is 14.9. The predicted molar refractivity (Wildman–Crippen MR) is 260 cm³/mol. The van der Waals surface area contributed by atoms with Crippen LogP contribution in [0.2, 0.25) is 0 Å². The molecule has 62 heavy (non-hydrogen) atoms. The molecule has 0 aliphatic heterocycles. The van der Waals surface area contributed by atoms with Gasteiger partial charge in [0.1, 0.15) is 0 Å². The molecule has 3 heteroatoms. The van der Waals surface area contributed by atoms with Gasteiger partial charge in [-0.25, -0.2) is 9.97 Å². The van der Waals surface area contributed by atoms with Gasteiger partial charge in [0.05, 0.1) is 11.4 Å². The number of hydrogen-bond donors (Lipinski definition) is 0. The van der Waals surface area contributed by atoms with Crippen molar-refractivity contribution >= 4 is 53.9 Å². The van der Waals surface area contributed by atoms with Crippen LogP contribution in [0, 0.1) is 0 Å². The number of hydrogen-bond acceptors (Lipinski definition) is 3. The van der Waals surface area contributed by atoms with E-state index < -0.39 is 0 Å². The molecule has 2 aromatic heterocycles. The summed E-state index contributed by atoms with van der Waals surface area (Å²) in [6.45, 7) is 0. The Morgan fingerprint density at radius 2 is 0.758 bits per heavy atom. The topological polar surface area (TPSA) is 38.7 Å². The second-order valence-electron chi connectivity index (χ2n) is 16.0. The van der Waals surface area contributed by atoms with Crippen LogP contribution >= 0.6 is 0 Å². The Hall–Kier alpha value is -8.27. The fraction of sp³-hybridized carbons (Fsp3) is 0. The monoisotopic (exact) mass is 787 g/mol. The third-order valence-electron chi connectivity index (χ3n) is 12.4. The van der Waals surface area contributed by atoms with Crippen molar-refractivity contribution in [3.8, 4) is 67.3 Å². The molecule has 12 aromatic rings. The van der Waals surface area contributed by atoms with Crippen LogP contribution in [0.1, 0.15) is 0 Å². The lowest BCUT2D eigenvalue weighted by Gasteiger charge is -2.16. The van der Waals surface area contributed by atoms with E-state index in [0.29, 0.717) is 5.82 Å². The first-order valence-corrected chi connectivity index (χ1v) is 21.1. The maximum atomic E-state index is 5.23. The molecular weight excluding hydrogens is 751 g/mol. The van der Waals surface area contributed by atoms with Crippen LogP contribution in [0.5, 0.6) is 0 Å². The van der Waals surface area contributed by atoms with Gasteiger partial charge >= 0.3 is 0 Å². The van der Waals surface area contributed by atoms with Gasteiger partial charge in [-0.2, -0.15) is 0 Å². The normalized spacial score (nSPS) is 11.5. The minimum absolute atomic E-state index is 0.678. The Labute approximate surface area is 359 Å². The standard InChI is InChI=1S/C59H37N3/c1-2-11-45-34-46(32-23-38(45)10-1)39-19-26-42(27-20-39)56-36-57(62-59(61-56)44-30-21-40(22-31-44)47-12-9-33-60-37-47)43-28-24-41(25-29-43)54-35-55-50-15-4-3-13-48(50)49-14-5-7-17-52(49)58(55)53-18-8-6-16-51(53)54/h1-37H. The molecule has 0 radical (unpaired) electrons. The van der Waals surface area contributed by atoms with Crippen molar-refractivity contribution in [2.75, 3.05) is 0 Å². The molecule has 0 saturated carbocycles. The van der Waals surface area contributed by atoms with Gasteiger partial charge in [-0.15, -0.1) is 0 Å². The maximum Gasteiger partial charge on any atom is 0.160 e. The van der Waals surface area contributed by atoms with Crippen LogP contribution in [0.3, 0.4) is 0 Å². The highest BCUT2D eigenvalue weighted by Crippen LogP contribution is 2.43. The summed E-state index contributed by atoms with van der Waals surface area (Å²) in [6.07, 6.45) is 3.69. The summed E-state index contributed by atoms with van der Waals surface area (Å²) in [6, 6.07) is 76.3. The van der Waals surface area contributed by atoms with Crippen molar-refractivity contribution in [3.63, 3.8) is 0 Å². The Morgan fingerprint density at radius 1 is 0.274 bits per heavy atom. The third-order valence-corrected chi connectivity index (χ3v) is 12.4. The highest BCUT2D eigenvalue weighted by molar-refractivity contribution is 6.33. The van der Waals surface area contributed by atoms with Gasteiger partial charge in [-0.3, -0.25) is 4.98 Å². The van der Waals surface area contributed by atoms with Gasteiger partial charge in [0.25, 0.3) is 0 Å². The van der Waals surface area contributed by atoms with Crippen molar-refractivity contribution in [1.29, 1.82) is 0 Å². The van der Waals surface area contributed by atoms with E-state index in [0.717, 1.165) is 50.3 Å². The Balaban J connectivity index is 0.969. The zero-order valence-corrected chi connectivity index (χ0v) is 33.7. The van der Waals surface area contributed by atoms with Crippen LogP contribution < -0.4 is 0 Å². The van der Waals surface area contributed by atoms with Gasteiger partial charge in [0.2, 0.25) is 0 Å². The lowest BCUT2D eigenvalue weighted by atomic mass is 9.87. The van der Waals surface area contributed by atoms with Crippen LogP contribution in [-0.2, 0) is 0 Å². The minimum atomic E-state index is 0.678. The van der Waals surface area contributed by atoms with Crippen molar-refractivity contribution in [2.24, 2.45) is 0 Å². The number of aromatic nitrogens is 3. The fourth-order valence-electron chi connectivity index (χ4n) is 9.25. The van der Waals surface area contributed by atoms with Crippen LogP contribution in [-0.4, -0.2) is 15.0 Å².